The summed E-state index contributed by atoms with van der Waals surface area (Å²) < 4.78 is 0. The molecule has 6 heteroatoms. The van der Waals surface area contributed by atoms with Crippen LogP contribution in [0.5, 0.6) is 0 Å². The second-order valence-electron chi connectivity index (χ2n) is 5.84. The largest absolute Gasteiger partial charge is 0.480 e. The molecule has 0 aliphatic rings. The van der Waals surface area contributed by atoms with Gasteiger partial charge in [-0.1, -0.05) is 26.8 Å². The summed E-state index contributed by atoms with van der Waals surface area (Å²) in [6.45, 7) is 9.04. The Morgan fingerprint density at radius 1 is 1.25 bits per heavy atom. The van der Waals surface area contributed by atoms with E-state index in [1.807, 2.05) is 20.8 Å². The highest BCUT2D eigenvalue weighted by molar-refractivity contribution is 5.87. The normalized spacial score (nSPS) is 12.3. The Bertz CT molecular complexity index is 372. The summed E-state index contributed by atoms with van der Waals surface area (Å²) in [5.41, 5.74) is -0.159. The third-order valence-corrected chi connectivity index (χ3v) is 2.43. The van der Waals surface area contributed by atoms with Crippen molar-refractivity contribution >= 4 is 17.8 Å². The van der Waals surface area contributed by atoms with Crippen molar-refractivity contribution in [3.05, 3.63) is 12.7 Å². The van der Waals surface area contributed by atoms with Gasteiger partial charge >= 0.3 is 5.97 Å². The molecule has 0 aromatic heterocycles. The van der Waals surface area contributed by atoms with Crippen molar-refractivity contribution in [3.63, 3.8) is 0 Å². The Labute approximate surface area is 119 Å². The summed E-state index contributed by atoms with van der Waals surface area (Å²) in [4.78, 5) is 34.0. The molecule has 2 amide bonds. The minimum Gasteiger partial charge on any atom is -0.480 e. The van der Waals surface area contributed by atoms with E-state index in [-0.39, 0.29) is 24.3 Å². The summed E-state index contributed by atoms with van der Waals surface area (Å²) in [6, 6.07) is -0.958. The molecular weight excluding hydrogens is 260 g/mol. The van der Waals surface area contributed by atoms with Crippen molar-refractivity contribution in [2.45, 2.75) is 46.1 Å². The van der Waals surface area contributed by atoms with Gasteiger partial charge in [0.15, 0.2) is 0 Å². The fourth-order valence-electron chi connectivity index (χ4n) is 1.51. The maximum atomic E-state index is 11.6. The summed E-state index contributed by atoms with van der Waals surface area (Å²) in [6.07, 6.45) is 2.67. The molecule has 1 unspecified atom stereocenters. The van der Waals surface area contributed by atoms with E-state index in [1.165, 1.54) is 0 Å². The summed E-state index contributed by atoms with van der Waals surface area (Å²) in [7, 11) is 0. The zero-order valence-corrected chi connectivity index (χ0v) is 12.4. The molecule has 6 nitrogen and oxygen atoms in total. The van der Waals surface area contributed by atoms with Crippen molar-refractivity contribution < 1.29 is 19.5 Å². The molecule has 1 atom stereocenters. The summed E-state index contributed by atoms with van der Waals surface area (Å²) in [5.74, 6) is -1.84. The molecule has 0 fully saturated rings. The number of carbonyl (C=O) groups is 3. The van der Waals surface area contributed by atoms with Gasteiger partial charge in [0.1, 0.15) is 6.04 Å². The molecule has 0 rings (SSSR count). The Morgan fingerprint density at radius 3 is 2.30 bits per heavy atom. The maximum Gasteiger partial charge on any atom is 0.326 e. The van der Waals surface area contributed by atoms with Crippen LogP contribution in [0.2, 0.25) is 0 Å². The fraction of sp³-hybridized carbons (Fsp3) is 0.643. The monoisotopic (exact) mass is 284 g/mol. The lowest BCUT2D eigenvalue weighted by Gasteiger charge is -2.18. The number of carboxylic acids is 1. The molecule has 0 aliphatic carbocycles. The minimum absolute atomic E-state index is 0.159. The van der Waals surface area contributed by atoms with Gasteiger partial charge in [-0.25, -0.2) is 4.79 Å². The van der Waals surface area contributed by atoms with Gasteiger partial charge in [0.25, 0.3) is 0 Å². The Kier molecular flexibility index (Phi) is 7.57. The number of aliphatic carboxylic acids is 1. The molecule has 20 heavy (non-hydrogen) atoms. The number of hydrogen-bond acceptors (Lipinski definition) is 3. The molecule has 0 aliphatic heterocycles. The molecule has 0 saturated heterocycles. The van der Waals surface area contributed by atoms with E-state index < -0.39 is 17.9 Å². The first-order valence-electron chi connectivity index (χ1n) is 6.55. The summed E-state index contributed by atoms with van der Waals surface area (Å²) in [5, 5.41) is 13.8. The zero-order chi connectivity index (χ0) is 15.8. The first kappa shape index (κ1) is 18.1. The lowest BCUT2D eigenvalue weighted by molar-refractivity contribution is -0.141. The third kappa shape index (κ3) is 9.13. The number of nitrogens with one attached hydrogen (secondary N) is 2. The standard InChI is InChI=1S/C14H24N2O4/c1-5-6-7-10(13(19)20)16-12(18)9-15-11(17)8-14(2,3)4/h5,10H,1,6-9H2,2-4H3,(H,15,17)(H,16,18)(H,19,20). The van der Waals surface area contributed by atoms with Gasteiger partial charge in [-0.2, -0.15) is 0 Å². The SMILES string of the molecule is C=CCCC(NC(=O)CNC(=O)CC(C)(C)C)C(=O)O. The van der Waals surface area contributed by atoms with Crippen molar-refractivity contribution in [2.75, 3.05) is 6.54 Å². The van der Waals surface area contributed by atoms with Gasteiger partial charge in [-0.3, -0.25) is 9.59 Å². The maximum absolute atomic E-state index is 11.6. The van der Waals surface area contributed by atoms with Crippen LogP contribution in [-0.4, -0.2) is 35.5 Å². The van der Waals surface area contributed by atoms with Crippen LogP contribution < -0.4 is 10.6 Å². The van der Waals surface area contributed by atoms with Crippen LogP contribution in [-0.2, 0) is 14.4 Å². The number of carboxylic acid groups (broad SMARTS) is 1. The Hall–Kier alpha value is -1.85. The molecule has 0 aromatic rings. The number of hydrogen-bond donors (Lipinski definition) is 3. The van der Waals surface area contributed by atoms with Gasteiger partial charge in [0.2, 0.25) is 11.8 Å². The van der Waals surface area contributed by atoms with Crippen LogP contribution in [0.3, 0.4) is 0 Å². The van der Waals surface area contributed by atoms with E-state index in [9.17, 15) is 14.4 Å². The number of allylic oxidation sites excluding steroid dienone is 1. The highest BCUT2D eigenvalue weighted by atomic mass is 16.4. The number of carbonyl (C=O) groups excluding carboxylic acids is 2. The molecule has 3 N–H and O–H groups in total. The molecule has 114 valence electrons. The van der Waals surface area contributed by atoms with Crippen LogP contribution in [0, 0.1) is 5.41 Å². The molecule has 0 aromatic carbocycles. The lowest BCUT2D eigenvalue weighted by atomic mass is 9.92. The fourth-order valence-corrected chi connectivity index (χ4v) is 1.51. The number of rotatable bonds is 8. The van der Waals surface area contributed by atoms with Gasteiger partial charge in [0.05, 0.1) is 6.54 Å². The van der Waals surface area contributed by atoms with E-state index in [0.29, 0.717) is 12.8 Å². The third-order valence-electron chi connectivity index (χ3n) is 2.43. The number of amides is 2. The molecule has 0 spiro atoms. The topological polar surface area (TPSA) is 95.5 Å². The van der Waals surface area contributed by atoms with E-state index >= 15 is 0 Å². The van der Waals surface area contributed by atoms with E-state index in [0.717, 1.165) is 0 Å². The van der Waals surface area contributed by atoms with Gasteiger partial charge < -0.3 is 15.7 Å². The van der Waals surface area contributed by atoms with Crippen molar-refractivity contribution in [1.82, 2.24) is 10.6 Å². The van der Waals surface area contributed by atoms with Crippen molar-refractivity contribution in [2.24, 2.45) is 5.41 Å². The molecule has 0 radical (unpaired) electrons. The van der Waals surface area contributed by atoms with E-state index in [1.54, 1.807) is 6.08 Å². The Balaban J connectivity index is 4.17. The predicted octanol–water partition coefficient (Wildman–Crippen LogP) is 1.07. The molecule has 0 heterocycles. The van der Waals surface area contributed by atoms with Crippen LogP contribution in [0.15, 0.2) is 12.7 Å². The zero-order valence-electron chi connectivity index (χ0n) is 12.4. The van der Waals surface area contributed by atoms with Crippen molar-refractivity contribution in [1.29, 1.82) is 0 Å². The van der Waals surface area contributed by atoms with Gasteiger partial charge in [-0.15, -0.1) is 6.58 Å². The second kappa shape index (κ2) is 8.35. The first-order valence-corrected chi connectivity index (χ1v) is 6.55. The highest BCUT2D eigenvalue weighted by Gasteiger charge is 2.20. The predicted molar refractivity (Wildman–Crippen MR) is 76.1 cm³/mol. The molecule has 0 bridgehead atoms. The van der Waals surface area contributed by atoms with Gasteiger partial charge in [0, 0.05) is 6.42 Å². The van der Waals surface area contributed by atoms with Crippen LogP contribution in [0.25, 0.3) is 0 Å². The van der Waals surface area contributed by atoms with E-state index in [2.05, 4.69) is 17.2 Å². The highest BCUT2D eigenvalue weighted by Crippen LogP contribution is 2.17. The summed E-state index contributed by atoms with van der Waals surface area (Å²) >= 11 is 0. The van der Waals surface area contributed by atoms with Crippen LogP contribution >= 0.6 is 0 Å². The second-order valence-corrected chi connectivity index (χ2v) is 5.84. The van der Waals surface area contributed by atoms with E-state index in [4.69, 9.17) is 5.11 Å². The molecular formula is C14H24N2O4. The minimum atomic E-state index is -1.10. The average Bonchev–Trinajstić information content (AvgIpc) is 2.29. The smallest absolute Gasteiger partial charge is 0.326 e. The van der Waals surface area contributed by atoms with Crippen molar-refractivity contribution in [3.8, 4) is 0 Å². The quantitative estimate of drug-likeness (QED) is 0.581. The van der Waals surface area contributed by atoms with Gasteiger partial charge in [-0.05, 0) is 18.3 Å². The average molecular weight is 284 g/mol. The van der Waals surface area contributed by atoms with Crippen LogP contribution in [0.4, 0.5) is 0 Å². The molecule has 0 saturated carbocycles. The lowest BCUT2D eigenvalue weighted by Crippen LogP contribution is -2.45. The first-order chi connectivity index (χ1) is 9.15. The Morgan fingerprint density at radius 2 is 1.85 bits per heavy atom. The van der Waals surface area contributed by atoms with Crippen LogP contribution in [0.1, 0.15) is 40.0 Å².